The molecule has 0 bridgehead atoms. The van der Waals surface area contributed by atoms with E-state index in [1.54, 1.807) is 0 Å². The Kier molecular flexibility index (Phi) is 21.3. The fraction of sp³-hybridized carbons (Fsp3) is 0.926. The van der Waals surface area contributed by atoms with Gasteiger partial charge in [-0.15, -0.1) is 0 Å². The van der Waals surface area contributed by atoms with E-state index >= 15 is 0 Å². The normalized spacial score (nSPS) is 14.2. The Bertz CT molecular complexity index is 638. The van der Waals surface area contributed by atoms with Crippen LogP contribution in [0.3, 0.4) is 0 Å². The summed E-state index contributed by atoms with van der Waals surface area (Å²) in [6, 6.07) is 0. The smallest absolute Gasteiger partial charge is 0.306 e. The average molecular weight is 552 g/mol. The van der Waals surface area contributed by atoms with E-state index in [0.29, 0.717) is 17.4 Å². The number of ether oxygens (including phenoxy) is 2. The highest BCUT2D eigenvalue weighted by Crippen LogP contribution is 2.38. The topological polar surface area (TPSA) is 111 Å². The maximum Gasteiger partial charge on any atom is 0.306 e. The number of phosphoric ester groups is 1. The molecule has 0 aliphatic rings. The second kappa shape index (κ2) is 21.9. The number of nitrogens with zero attached hydrogens (tertiary/aromatic N) is 1. The van der Waals surface area contributed by atoms with Gasteiger partial charge in [-0.25, -0.2) is 0 Å². The summed E-state index contributed by atoms with van der Waals surface area (Å²) in [5.41, 5.74) is 0. The predicted molar refractivity (Wildman–Crippen MR) is 144 cm³/mol. The molecule has 0 aromatic carbocycles. The van der Waals surface area contributed by atoms with Crippen LogP contribution in [0.2, 0.25) is 0 Å². The van der Waals surface area contributed by atoms with Crippen LogP contribution in [0, 0.1) is 0 Å². The van der Waals surface area contributed by atoms with Crippen molar-refractivity contribution in [2.75, 3.05) is 47.5 Å². The molecule has 9 nitrogen and oxygen atoms in total. The van der Waals surface area contributed by atoms with Crippen LogP contribution >= 0.6 is 7.82 Å². The number of unbranched alkanes of at least 4 members (excludes halogenated alkanes) is 13. The van der Waals surface area contributed by atoms with Gasteiger partial charge in [0.25, 0.3) is 7.82 Å². The summed E-state index contributed by atoms with van der Waals surface area (Å²) < 4.78 is 32.5. The molecule has 0 aromatic heterocycles. The molecule has 0 saturated carbocycles. The minimum Gasteiger partial charge on any atom is -0.756 e. The molecule has 220 valence electrons. The molecule has 0 aliphatic carbocycles. The van der Waals surface area contributed by atoms with E-state index in [1.165, 1.54) is 77.6 Å². The van der Waals surface area contributed by atoms with E-state index in [2.05, 4.69) is 6.92 Å². The Morgan fingerprint density at radius 3 is 1.73 bits per heavy atom. The second-order valence-corrected chi connectivity index (χ2v) is 12.3. The highest BCUT2D eigenvalue weighted by atomic mass is 31.2. The van der Waals surface area contributed by atoms with Crippen molar-refractivity contribution in [1.29, 1.82) is 0 Å². The summed E-state index contributed by atoms with van der Waals surface area (Å²) in [6.07, 6.45) is 16.4. The molecule has 0 rings (SSSR count). The number of quaternary nitrogens is 1. The fourth-order valence-electron chi connectivity index (χ4n) is 3.67. The molecule has 2 atom stereocenters. The van der Waals surface area contributed by atoms with Gasteiger partial charge in [0, 0.05) is 13.3 Å². The minimum absolute atomic E-state index is 0.0300. The number of likely N-dealkylation sites (N-methyl/N-ethyl adjacent to an activating group) is 1. The van der Waals surface area contributed by atoms with Crippen LogP contribution in [0.5, 0.6) is 0 Å². The van der Waals surface area contributed by atoms with Crippen LogP contribution in [-0.4, -0.2) is 70.0 Å². The van der Waals surface area contributed by atoms with Gasteiger partial charge in [-0.2, -0.15) is 0 Å². The highest BCUT2D eigenvalue weighted by Gasteiger charge is 2.21. The fourth-order valence-corrected chi connectivity index (χ4v) is 4.40. The molecular formula is C27H54NO8P. The Morgan fingerprint density at radius 2 is 1.27 bits per heavy atom. The van der Waals surface area contributed by atoms with Gasteiger partial charge in [0.1, 0.15) is 19.8 Å². The third kappa shape index (κ3) is 26.4. The van der Waals surface area contributed by atoms with Gasteiger partial charge >= 0.3 is 11.9 Å². The van der Waals surface area contributed by atoms with E-state index in [9.17, 15) is 19.0 Å². The molecule has 37 heavy (non-hydrogen) atoms. The SMILES string of the molecule is CCCCCCCCCCCCCCCCC(=O)OC(COC(C)=O)COP(=O)([O-])OCC[N+](C)(C)C. The average Bonchev–Trinajstić information content (AvgIpc) is 2.80. The van der Waals surface area contributed by atoms with Crippen molar-refractivity contribution in [2.24, 2.45) is 0 Å². The lowest BCUT2D eigenvalue weighted by Crippen LogP contribution is -2.37. The summed E-state index contributed by atoms with van der Waals surface area (Å²) in [5, 5.41) is 0. The maximum atomic E-state index is 12.2. The van der Waals surface area contributed by atoms with Crippen molar-refractivity contribution >= 4 is 19.8 Å². The van der Waals surface area contributed by atoms with Gasteiger partial charge < -0.3 is 27.9 Å². The first kappa shape index (κ1) is 36.0. The standard InChI is InChI=1S/C27H54NO8P/c1-6-7-8-9-10-11-12-13-14-15-16-17-18-19-20-27(30)36-26(23-33-25(2)29)24-35-37(31,32)34-22-21-28(3,4)5/h26H,6-24H2,1-5H3. The molecule has 0 N–H and O–H groups in total. The first-order chi connectivity index (χ1) is 17.4. The molecule has 0 amide bonds. The minimum atomic E-state index is -4.57. The number of esters is 2. The first-order valence-electron chi connectivity index (χ1n) is 14.2. The van der Waals surface area contributed by atoms with E-state index in [4.69, 9.17) is 18.5 Å². The molecule has 0 heterocycles. The Labute approximate surface area is 225 Å². The third-order valence-corrected chi connectivity index (χ3v) is 6.90. The van der Waals surface area contributed by atoms with Crippen molar-refractivity contribution in [3.63, 3.8) is 0 Å². The largest absolute Gasteiger partial charge is 0.756 e. The zero-order valence-corrected chi connectivity index (χ0v) is 25.1. The zero-order chi connectivity index (χ0) is 28.0. The van der Waals surface area contributed by atoms with E-state index in [0.717, 1.165) is 12.8 Å². The monoisotopic (exact) mass is 551 g/mol. The van der Waals surface area contributed by atoms with Gasteiger partial charge in [-0.1, -0.05) is 90.4 Å². The van der Waals surface area contributed by atoms with E-state index in [-0.39, 0.29) is 19.6 Å². The van der Waals surface area contributed by atoms with Crippen LogP contribution in [-0.2, 0) is 32.7 Å². The van der Waals surface area contributed by atoms with Crippen molar-refractivity contribution in [3.8, 4) is 0 Å². The lowest BCUT2D eigenvalue weighted by Gasteiger charge is -2.28. The summed E-state index contributed by atoms with van der Waals surface area (Å²) in [7, 11) is 1.16. The summed E-state index contributed by atoms with van der Waals surface area (Å²) >= 11 is 0. The third-order valence-electron chi connectivity index (χ3n) is 5.94. The lowest BCUT2D eigenvalue weighted by molar-refractivity contribution is -0.870. The first-order valence-corrected chi connectivity index (χ1v) is 15.6. The molecular weight excluding hydrogens is 497 g/mol. The molecule has 0 aliphatic heterocycles. The number of phosphoric acid groups is 1. The summed E-state index contributed by atoms with van der Waals surface area (Å²) in [6.45, 7) is 3.16. The van der Waals surface area contributed by atoms with Crippen LogP contribution in [0.4, 0.5) is 0 Å². The van der Waals surface area contributed by atoms with Gasteiger partial charge in [0.15, 0.2) is 6.10 Å². The van der Waals surface area contributed by atoms with Gasteiger partial charge in [0.2, 0.25) is 0 Å². The number of hydrogen-bond donors (Lipinski definition) is 0. The number of carbonyl (C=O) groups excluding carboxylic acids is 2. The van der Waals surface area contributed by atoms with E-state index < -0.39 is 32.5 Å². The Balaban J connectivity index is 4.03. The Hall–Kier alpha value is -0.990. The van der Waals surface area contributed by atoms with Crippen LogP contribution in [0.15, 0.2) is 0 Å². The van der Waals surface area contributed by atoms with Crippen molar-refractivity contribution < 1.29 is 42.1 Å². The van der Waals surface area contributed by atoms with Crippen molar-refractivity contribution in [3.05, 3.63) is 0 Å². The van der Waals surface area contributed by atoms with Crippen LogP contribution in [0.25, 0.3) is 0 Å². The van der Waals surface area contributed by atoms with Crippen LogP contribution in [0.1, 0.15) is 110 Å². The number of carbonyl (C=O) groups is 2. The van der Waals surface area contributed by atoms with Gasteiger partial charge in [0.05, 0.1) is 27.7 Å². The highest BCUT2D eigenvalue weighted by molar-refractivity contribution is 7.45. The molecule has 0 fully saturated rings. The summed E-state index contributed by atoms with van der Waals surface area (Å²) in [4.78, 5) is 35.4. The zero-order valence-electron chi connectivity index (χ0n) is 24.2. The molecule has 0 saturated heterocycles. The molecule has 0 radical (unpaired) electrons. The van der Waals surface area contributed by atoms with Crippen molar-refractivity contribution in [2.45, 2.75) is 116 Å². The van der Waals surface area contributed by atoms with Crippen LogP contribution < -0.4 is 4.89 Å². The quantitative estimate of drug-likeness (QED) is 0.0629. The number of rotatable bonds is 25. The second-order valence-electron chi connectivity index (χ2n) is 10.9. The maximum absolute atomic E-state index is 12.2. The number of hydrogen-bond acceptors (Lipinski definition) is 8. The molecule has 10 heteroatoms. The summed E-state index contributed by atoms with van der Waals surface area (Å²) in [5.74, 6) is -1.02. The molecule has 0 spiro atoms. The van der Waals surface area contributed by atoms with Crippen molar-refractivity contribution in [1.82, 2.24) is 0 Å². The predicted octanol–water partition coefficient (Wildman–Crippen LogP) is 5.54. The van der Waals surface area contributed by atoms with Gasteiger partial charge in [-0.3, -0.25) is 14.2 Å². The molecule has 2 unspecified atom stereocenters. The Morgan fingerprint density at radius 1 is 0.784 bits per heavy atom. The van der Waals surface area contributed by atoms with Gasteiger partial charge in [-0.05, 0) is 6.42 Å². The van der Waals surface area contributed by atoms with E-state index in [1.807, 2.05) is 21.1 Å². The molecule has 0 aromatic rings. The lowest BCUT2D eigenvalue weighted by atomic mass is 10.0.